The van der Waals surface area contributed by atoms with E-state index < -0.39 is 5.79 Å². The Morgan fingerprint density at radius 2 is 2.00 bits per heavy atom. The molecule has 48 valence electrons. The zero-order valence-corrected chi connectivity index (χ0v) is 4.78. The minimum atomic E-state index is -0.682. The van der Waals surface area contributed by atoms with Gasteiger partial charge in [-0.15, -0.1) is 0 Å². The quantitative estimate of drug-likeness (QED) is 0.270. The monoisotopic (exact) mass is 116 g/mol. The van der Waals surface area contributed by atoms with Crippen LogP contribution in [-0.4, -0.2) is 25.4 Å². The van der Waals surface area contributed by atoms with Crippen LogP contribution in [0.3, 0.4) is 0 Å². The number of rotatable bonds is 0. The van der Waals surface area contributed by atoms with Gasteiger partial charge in [-0.05, 0) is 0 Å². The minimum Gasteiger partial charge on any atom is -0.311 e. The van der Waals surface area contributed by atoms with E-state index in [-0.39, 0.29) is 0 Å². The molecule has 8 heavy (non-hydrogen) atoms. The Balaban J connectivity index is 2.33. The standard InChI is InChI=1S/C4H12N4/c5-4(6)3-7-1-2-8-4/h7-8H,1-3,5-6H2. The van der Waals surface area contributed by atoms with Crippen molar-refractivity contribution in [2.75, 3.05) is 19.6 Å². The van der Waals surface area contributed by atoms with E-state index in [0.717, 1.165) is 13.1 Å². The molecule has 0 aromatic rings. The normalized spacial score (nSPS) is 27.8. The van der Waals surface area contributed by atoms with Crippen LogP contribution in [-0.2, 0) is 0 Å². The zero-order valence-electron chi connectivity index (χ0n) is 4.78. The maximum Gasteiger partial charge on any atom is 0.131 e. The molecule has 0 amide bonds. The van der Waals surface area contributed by atoms with Crippen LogP contribution in [0.15, 0.2) is 0 Å². The van der Waals surface area contributed by atoms with E-state index >= 15 is 0 Å². The van der Waals surface area contributed by atoms with E-state index in [1.807, 2.05) is 0 Å². The molecule has 6 N–H and O–H groups in total. The van der Waals surface area contributed by atoms with Crippen LogP contribution in [0.25, 0.3) is 0 Å². The molecule has 1 aliphatic heterocycles. The number of piperazine rings is 1. The highest BCUT2D eigenvalue weighted by atomic mass is 15.3. The minimum absolute atomic E-state index is 0.646. The van der Waals surface area contributed by atoms with Crippen LogP contribution in [0.4, 0.5) is 0 Å². The Kier molecular flexibility index (Phi) is 1.48. The number of hydrogen-bond acceptors (Lipinski definition) is 4. The van der Waals surface area contributed by atoms with Gasteiger partial charge in [-0.3, -0.25) is 5.32 Å². The average Bonchev–Trinajstić information content (AvgIpc) is 1.65. The van der Waals surface area contributed by atoms with Crippen LogP contribution in [0.1, 0.15) is 0 Å². The molecule has 0 aliphatic carbocycles. The third kappa shape index (κ3) is 1.41. The Labute approximate surface area is 48.6 Å². The van der Waals surface area contributed by atoms with Crippen molar-refractivity contribution in [3.05, 3.63) is 0 Å². The molecule has 0 unspecified atom stereocenters. The van der Waals surface area contributed by atoms with E-state index in [9.17, 15) is 0 Å². The lowest BCUT2D eigenvalue weighted by Gasteiger charge is -2.30. The van der Waals surface area contributed by atoms with Crippen molar-refractivity contribution in [3.8, 4) is 0 Å². The maximum absolute atomic E-state index is 5.48. The molecule has 1 heterocycles. The largest absolute Gasteiger partial charge is 0.311 e. The van der Waals surface area contributed by atoms with Gasteiger partial charge in [-0.1, -0.05) is 0 Å². The molecular weight excluding hydrogens is 104 g/mol. The smallest absolute Gasteiger partial charge is 0.131 e. The van der Waals surface area contributed by atoms with Crippen LogP contribution in [0.5, 0.6) is 0 Å². The van der Waals surface area contributed by atoms with E-state index in [4.69, 9.17) is 11.5 Å². The first-order valence-corrected chi connectivity index (χ1v) is 2.74. The Bertz CT molecular complexity index is 72.1. The summed E-state index contributed by atoms with van der Waals surface area (Å²) in [5, 5.41) is 6.01. The SMILES string of the molecule is NC1(N)CNCCN1. The van der Waals surface area contributed by atoms with Crippen molar-refractivity contribution in [3.63, 3.8) is 0 Å². The zero-order chi connectivity index (χ0) is 6.04. The lowest BCUT2D eigenvalue weighted by molar-refractivity contribution is 0.290. The third-order valence-electron chi connectivity index (χ3n) is 1.17. The fourth-order valence-electron chi connectivity index (χ4n) is 0.741. The molecule has 1 saturated heterocycles. The first-order chi connectivity index (χ1) is 3.71. The summed E-state index contributed by atoms with van der Waals surface area (Å²) in [7, 11) is 0. The highest BCUT2D eigenvalue weighted by Gasteiger charge is 2.19. The van der Waals surface area contributed by atoms with E-state index in [2.05, 4.69) is 10.6 Å². The van der Waals surface area contributed by atoms with Gasteiger partial charge in [-0.25, -0.2) is 0 Å². The average molecular weight is 116 g/mol. The lowest BCUT2D eigenvalue weighted by atomic mass is 10.3. The highest BCUT2D eigenvalue weighted by Crippen LogP contribution is 1.84. The lowest BCUT2D eigenvalue weighted by Crippen LogP contribution is -2.70. The van der Waals surface area contributed by atoms with Crippen LogP contribution in [0.2, 0.25) is 0 Å². The van der Waals surface area contributed by atoms with Crippen LogP contribution < -0.4 is 22.1 Å². The van der Waals surface area contributed by atoms with Gasteiger partial charge in [0.05, 0.1) is 0 Å². The summed E-state index contributed by atoms with van der Waals surface area (Å²) in [4.78, 5) is 0. The molecule has 1 rings (SSSR count). The van der Waals surface area contributed by atoms with Crippen molar-refractivity contribution in [2.24, 2.45) is 11.5 Å². The summed E-state index contributed by atoms with van der Waals surface area (Å²) in [6.45, 7) is 2.45. The van der Waals surface area contributed by atoms with Crippen LogP contribution in [0, 0.1) is 0 Å². The first kappa shape index (κ1) is 5.97. The van der Waals surface area contributed by atoms with Gasteiger partial charge in [0.2, 0.25) is 0 Å². The van der Waals surface area contributed by atoms with Gasteiger partial charge in [0.15, 0.2) is 0 Å². The molecule has 0 radical (unpaired) electrons. The molecule has 0 saturated carbocycles. The molecular formula is C4H12N4. The number of nitrogens with two attached hydrogens (primary N) is 2. The predicted molar refractivity (Wildman–Crippen MR) is 32.0 cm³/mol. The molecule has 0 aromatic heterocycles. The van der Waals surface area contributed by atoms with Crippen LogP contribution >= 0.6 is 0 Å². The summed E-state index contributed by atoms with van der Waals surface area (Å²) in [5.74, 6) is -0.682. The third-order valence-corrected chi connectivity index (χ3v) is 1.17. The topological polar surface area (TPSA) is 76.1 Å². The summed E-state index contributed by atoms with van der Waals surface area (Å²) >= 11 is 0. The fourth-order valence-corrected chi connectivity index (χ4v) is 0.741. The first-order valence-electron chi connectivity index (χ1n) is 2.74. The van der Waals surface area contributed by atoms with E-state index in [1.54, 1.807) is 0 Å². The van der Waals surface area contributed by atoms with E-state index in [0.29, 0.717) is 6.54 Å². The summed E-state index contributed by atoms with van der Waals surface area (Å²) in [5.41, 5.74) is 11.0. The van der Waals surface area contributed by atoms with Crippen molar-refractivity contribution >= 4 is 0 Å². The number of hydrogen-bond donors (Lipinski definition) is 4. The molecule has 4 nitrogen and oxygen atoms in total. The Morgan fingerprint density at radius 3 is 2.25 bits per heavy atom. The molecule has 1 aliphatic rings. The van der Waals surface area contributed by atoms with Gasteiger partial charge < -0.3 is 16.8 Å². The summed E-state index contributed by atoms with van der Waals surface area (Å²) < 4.78 is 0. The van der Waals surface area contributed by atoms with Gasteiger partial charge in [0.1, 0.15) is 5.79 Å². The number of nitrogens with one attached hydrogen (secondary N) is 2. The second kappa shape index (κ2) is 1.99. The second-order valence-corrected chi connectivity index (χ2v) is 2.14. The van der Waals surface area contributed by atoms with E-state index in [1.165, 1.54) is 0 Å². The fraction of sp³-hybridized carbons (Fsp3) is 1.00. The van der Waals surface area contributed by atoms with Crippen molar-refractivity contribution in [2.45, 2.75) is 5.79 Å². The molecule has 0 bridgehead atoms. The molecule has 0 aromatic carbocycles. The maximum atomic E-state index is 5.48. The Hall–Kier alpha value is -0.160. The van der Waals surface area contributed by atoms with Crippen molar-refractivity contribution in [1.82, 2.24) is 10.6 Å². The van der Waals surface area contributed by atoms with Gasteiger partial charge in [0, 0.05) is 19.6 Å². The van der Waals surface area contributed by atoms with Crippen molar-refractivity contribution in [1.29, 1.82) is 0 Å². The molecule has 0 atom stereocenters. The second-order valence-electron chi connectivity index (χ2n) is 2.14. The highest BCUT2D eigenvalue weighted by molar-refractivity contribution is 4.80. The summed E-state index contributed by atoms with van der Waals surface area (Å²) in [6, 6.07) is 0. The summed E-state index contributed by atoms with van der Waals surface area (Å²) in [6.07, 6.45) is 0. The van der Waals surface area contributed by atoms with Gasteiger partial charge >= 0.3 is 0 Å². The van der Waals surface area contributed by atoms with Gasteiger partial charge in [-0.2, -0.15) is 0 Å². The van der Waals surface area contributed by atoms with Gasteiger partial charge in [0.25, 0.3) is 0 Å². The molecule has 1 fully saturated rings. The molecule has 0 spiro atoms. The predicted octanol–water partition coefficient (Wildman–Crippen LogP) is -2.25. The molecule has 4 heteroatoms. The van der Waals surface area contributed by atoms with Crippen molar-refractivity contribution < 1.29 is 0 Å². The Morgan fingerprint density at radius 1 is 1.25 bits per heavy atom.